The van der Waals surface area contributed by atoms with Gasteiger partial charge in [-0.3, -0.25) is 4.79 Å². The maximum absolute atomic E-state index is 13.9. The molecule has 2 atom stereocenters. The molecule has 2 heterocycles. The highest BCUT2D eigenvalue weighted by Crippen LogP contribution is 2.27. The van der Waals surface area contributed by atoms with Crippen LogP contribution in [0.2, 0.25) is 0 Å². The van der Waals surface area contributed by atoms with Gasteiger partial charge < -0.3 is 15.7 Å². The van der Waals surface area contributed by atoms with Crippen LogP contribution in [0.25, 0.3) is 21.1 Å². The topological polar surface area (TPSA) is 74.2 Å². The third kappa shape index (κ3) is 6.65. The van der Waals surface area contributed by atoms with Crippen molar-refractivity contribution in [2.45, 2.75) is 38.5 Å². The van der Waals surface area contributed by atoms with Crippen molar-refractivity contribution in [3.8, 4) is 0 Å². The van der Waals surface area contributed by atoms with E-state index in [1.165, 1.54) is 29.0 Å². The Balaban J connectivity index is 1.33. The second kappa shape index (κ2) is 12.0. The summed E-state index contributed by atoms with van der Waals surface area (Å²) >= 11 is 1.26. The predicted octanol–water partition coefficient (Wildman–Crippen LogP) is 5.78. The van der Waals surface area contributed by atoms with Gasteiger partial charge in [0, 0.05) is 29.9 Å². The number of para-hydroxylation sites is 1. The number of nitrogens with one attached hydrogen (secondary N) is 2. The number of halogens is 2. The highest BCUT2D eigenvalue weighted by molar-refractivity contribution is 7.20. The van der Waals surface area contributed by atoms with E-state index in [0.29, 0.717) is 17.0 Å². The number of nitrogens with zero attached hydrogens (tertiary/aromatic N) is 1. The highest BCUT2D eigenvalue weighted by Gasteiger charge is 2.24. The first-order valence-corrected chi connectivity index (χ1v) is 13.7. The van der Waals surface area contributed by atoms with Crippen molar-refractivity contribution in [2.75, 3.05) is 6.54 Å². The summed E-state index contributed by atoms with van der Waals surface area (Å²) in [6.07, 6.45) is -0.0237. The van der Waals surface area contributed by atoms with Crippen molar-refractivity contribution >= 4 is 38.4 Å². The molecule has 0 aliphatic heterocycles. The monoisotopic (exact) mass is 545 g/mol. The zero-order chi connectivity index (χ0) is 27.4. The van der Waals surface area contributed by atoms with E-state index in [0.717, 1.165) is 39.2 Å². The molecule has 0 aliphatic rings. The quantitative estimate of drug-likeness (QED) is 0.208. The fraction of sp³-hybridized carbons (Fsp3) is 0.226. The van der Waals surface area contributed by atoms with E-state index < -0.39 is 23.8 Å². The Morgan fingerprint density at radius 3 is 2.49 bits per heavy atom. The average Bonchev–Trinajstić information content (AvgIpc) is 3.34. The number of carbonyl (C=O) groups is 1. The third-order valence-electron chi connectivity index (χ3n) is 6.67. The number of amides is 1. The van der Waals surface area contributed by atoms with Gasteiger partial charge in [-0.05, 0) is 59.9 Å². The van der Waals surface area contributed by atoms with E-state index in [4.69, 9.17) is 0 Å². The van der Waals surface area contributed by atoms with Crippen LogP contribution in [0, 0.1) is 11.6 Å². The molecule has 5 aromatic rings. The summed E-state index contributed by atoms with van der Waals surface area (Å²) in [5.74, 6) is -1.79. The van der Waals surface area contributed by atoms with Crippen LogP contribution in [-0.4, -0.2) is 34.7 Å². The summed E-state index contributed by atoms with van der Waals surface area (Å²) in [6, 6.07) is 22.1. The Kier molecular flexibility index (Phi) is 8.26. The lowest BCUT2D eigenvalue weighted by Crippen LogP contribution is -2.48. The first-order chi connectivity index (χ1) is 18.9. The van der Waals surface area contributed by atoms with Crippen molar-refractivity contribution in [3.63, 3.8) is 0 Å². The van der Waals surface area contributed by atoms with Crippen molar-refractivity contribution < 1.29 is 18.7 Å². The normalized spacial score (nSPS) is 13.0. The summed E-state index contributed by atoms with van der Waals surface area (Å²) in [5.41, 5.74) is 3.49. The number of benzene rings is 3. The van der Waals surface area contributed by atoms with Gasteiger partial charge in [-0.1, -0.05) is 49.4 Å². The Bertz CT molecular complexity index is 1550. The zero-order valence-electron chi connectivity index (χ0n) is 21.5. The van der Waals surface area contributed by atoms with Crippen molar-refractivity contribution in [3.05, 3.63) is 112 Å². The van der Waals surface area contributed by atoms with E-state index in [1.807, 2.05) is 42.5 Å². The van der Waals surface area contributed by atoms with Gasteiger partial charge in [-0.15, -0.1) is 11.3 Å². The van der Waals surface area contributed by atoms with E-state index in [2.05, 4.69) is 34.7 Å². The summed E-state index contributed by atoms with van der Waals surface area (Å²) < 4.78 is 27.8. The van der Waals surface area contributed by atoms with E-state index >= 15 is 0 Å². The number of aliphatic hydroxyl groups is 1. The van der Waals surface area contributed by atoms with Crippen LogP contribution in [0.15, 0.2) is 78.9 Å². The largest absolute Gasteiger partial charge is 0.390 e. The maximum Gasteiger partial charge on any atom is 0.261 e. The van der Waals surface area contributed by atoms with Crippen LogP contribution in [0.5, 0.6) is 0 Å². The molecule has 0 saturated heterocycles. The molecular weight excluding hydrogens is 516 g/mol. The Labute approximate surface area is 229 Å². The molecule has 0 aliphatic carbocycles. The van der Waals surface area contributed by atoms with Gasteiger partial charge in [-0.25, -0.2) is 13.8 Å². The van der Waals surface area contributed by atoms with Gasteiger partial charge >= 0.3 is 0 Å². The number of aliphatic hydroxyl groups excluding tert-OH is 1. The lowest BCUT2D eigenvalue weighted by atomic mass is 10.0. The van der Waals surface area contributed by atoms with Crippen molar-refractivity contribution in [1.29, 1.82) is 0 Å². The number of rotatable bonds is 10. The molecule has 2 aromatic heterocycles. The Morgan fingerprint density at radius 1 is 0.923 bits per heavy atom. The minimum absolute atomic E-state index is 0.0572. The molecule has 0 unspecified atom stereocenters. The lowest BCUT2D eigenvalue weighted by molar-refractivity contribution is 0.0833. The number of fused-ring (bicyclic) bond motifs is 2. The van der Waals surface area contributed by atoms with Crippen LogP contribution >= 0.6 is 11.3 Å². The molecule has 5 nitrogen and oxygen atoms in total. The van der Waals surface area contributed by atoms with Crippen molar-refractivity contribution in [2.24, 2.45) is 0 Å². The van der Waals surface area contributed by atoms with E-state index in [9.17, 15) is 18.7 Å². The molecule has 3 aromatic carbocycles. The summed E-state index contributed by atoms with van der Waals surface area (Å²) in [7, 11) is 0. The molecule has 8 heteroatoms. The molecule has 0 bridgehead atoms. The second-order valence-electron chi connectivity index (χ2n) is 9.62. The van der Waals surface area contributed by atoms with Crippen molar-refractivity contribution in [1.82, 2.24) is 15.6 Å². The fourth-order valence-corrected chi connectivity index (χ4v) is 5.58. The Hall–Kier alpha value is -3.72. The smallest absolute Gasteiger partial charge is 0.261 e. The molecule has 39 heavy (non-hydrogen) atoms. The highest BCUT2D eigenvalue weighted by atomic mass is 32.1. The first-order valence-electron chi connectivity index (χ1n) is 12.9. The molecule has 5 rings (SSSR count). The number of hydrogen-bond donors (Lipinski definition) is 3. The standard InChI is InChI=1S/C31H29F2N3O2S/c1-2-19-6-5-7-20(10-19)17-34-18-28(37)27(13-21-11-24(32)16-25(33)12-21)35-30(38)29-15-23-14-22-8-3-4-9-26(22)36-31(23)39-29/h3-12,14-16,27-28,34,37H,2,13,17-18H2,1H3,(H,35,38)/t27-,28-/m0/s1. The molecule has 1 amide bonds. The predicted molar refractivity (Wildman–Crippen MR) is 152 cm³/mol. The molecule has 0 fully saturated rings. The Morgan fingerprint density at radius 2 is 1.69 bits per heavy atom. The van der Waals surface area contributed by atoms with Gasteiger partial charge in [0.05, 0.1) is 22.5 Å². The number of aromatic nitrogens is 1. The molecule has 0 spiro atoms. The molecule has 0 saturated carbocycles. The molecule has 3 N–H and O–H groups in total. The SMILES string of the molecule is CCc1cccc(CNC[C@H](O)[C@H](Cc2cc(F)cc(F)c2)NC(=O)c2cc3cc4ccccc4nc3s2)c1. The summed E-state index contributed by atoms with van der Waals surface area (Å²) in [5, 5.41) is 19.0. The number of thiophene rings is 1. The molecule has 0 radical (unpaired) electrons. The number of hydrogen-bond acceptors (Lipinski definition) is 5. The minimum Gasteiger partial charge on any atom is -0.390 e. The summed E-state index contributed by atoms with van der Waals surface area (Å²) in [6.45, 7) is 2.81. The lowest BCUT2D eigenvalue weighted by Gasteiger charge is -2.25. The van der Waals surface area contributed by atoms with Gasteiger partial charge in [0.25, 0.3) is 5.91 Å². The van der Waals surface area contributed by atoms with Crippen LogP contribution in [0.1, 0.15) is 33.3 Å². The van der Waals surface area contributed by atoms with Crippen LogP contribution in [-0.2, 0) is 19.4 Å². The average molecular weight is 546 g/mol. The van der Waals surface area contributed by atoms with Crippen LogP contribution < -0.4 is 10.6 Å². The number of aryl methyl sites for hydroxylation is 1. The van der Waals surface area contributed by atoms with E-state index in [-0.39, 0.29) is 18.9 Å². The number of carbonyl (C=O) groups excluding carboxylic acids is 1. The first kappa shape index (κ1) is 26.9. The minimum atomic E-state index is -1.01. The van der Waals surface area contributed by atoms with Gasteiger partial charge in [-0.2, -0.15) is 0 Å². The number of pyridine rings is 1. The van der Waals surface area contributed by atoms with E-state index in [1.54, 1.807) is 6.07 Å². The van der Waals surface area contributed by atoms with Crippen LogP contribution in [0.3, 0.4) is 0 Å². The second-order valence-corrected chi connectivity index (χ2v) is 10.7. The zero-order valence-corrected chi connectivity index (χ0v) is 22.3. The third-order valence-corrected chi connectivity index (χ3v) is 7.72. The molecular formula is C31H29F2N3O2S. The molecule has 200 valence electrons. The van der Waals surface area contributed by atoms with Gasteiger partial charge in [0.15, 0.2) is 0 Å². The van der Waals surface area contributed by atoms with Gasteiger partial charge in [0.1, 0.15) is 16.5 Å². The summed E-state index contributed by atoms with van der Waals surface area (Å²) in [4.78, 5) is 19.1. The van der Waals surface area contributed by atoms with Crippen LogP contribution in [0.4, 0.5) is 8.78 Å². The van der Waals surface area contributed by atoms with Gasteiger partial charge in [0.2, 0.25) is 0 Å². The maximum atomic E-state index is 13.9. The fourth-order valence-electron chi connectivity index (χ4n) is 4.66.